The van der Waals surface area contributed by atoms with Gasteiger partial charge >= 0.3 is 0 Å². The lowest BCUT2D eigenvalue weighted by Gasteiger charge is -2.21. The Morgan fingerprint density at radius 2 is 1.73 bits per heavy atom. The van der Waals surface area contributed by atoms with Crippen molar-refractivity contribution in [2.75, 3.05) is 11.9 Å². The number of carbonyl (C=O) groups is 3. The predicted octanol–water partition coefficient (Wildman–Crippen LogP) is 3.41. The SMILES string of the molecule is CC(=O)c1cccc(NC(=O)CCN(Cc2ccc(F)cc2)C(C)=O)c1. The van der Waals surface area contributed by atoms with Crippen LogP contribution >= 0.6 is 0 Å². The second-order valence-corrected chi connectivity index (χ2v) is 6.00. The average Bonchev–Trinajstić information content (AvgIpc) is 2.60. The van der Waals surface area contributed by atoms with Gasteiger partial charge in [-0.3, -0.25) is 14.4 Å². The molecule has 0 saturated carbocycles. The zero-order valence-corrected chi connectivity index (χ0v) is 14.8. The summed E-state index contributed by atoms with van der Waals surface area (Å²) in [5.41, 5.74) is 1.84. The fourth-order valence-electron chi connectivity index (χ4n) is 2.43. The van der Waals surface area contributed by atoms with Crippen LogP contribution < -0.4 is 5.32 Å². The van der Waals surface area contributed by atoms with Gasteiger partial charge in [0.05, 0.1) is 0 Å². The first-order chi connectivity index (χ1) is 12.3. The van der Waals surface area contributed by atoms with Gasteiger partial charge in [0.25, 0.3) is 0 Å². The molecule has 0 aliphatic heterocycles. The maximum atomic E-state index is 13.0. The van der Waals surface area contributed by atoms with Crippen molar-refractivity contribution in [2.24, 2.45) is 0 Å². The van der Waals surface area contributed by atoms with Crippen LogP contribution in [0.2, 0.25) is 0 Å². The molecular weight excluding hydrogens is 335 g/mol. The second kappa shape index (κ2) is 8.89. The van der Waals surface area contributed by atoms with E-state index in [0.29, 0.717) is 17.8 Å². The summed E-state index contributed by atoms with van der Waals surface area (Å²) < 4.78 is 13.0. The summed E-state index contributed by atoms with van der Waals surface area (Å²) in [5.74, 6) is -0.838. The number of anilines is 1. The molecule has 2 rings (SSSR count). The average molecular weight is 356 g/mol. The molecule has 2 aromatic rings. The van der Waals surface area contributed by atoms with Crippen LogP contribution in [0.4, 0.5) is 10.1 Å². The molecule has 0 saturated heterocycles. The van der Waals surface area contributed by atoms with E-state index in [2.05, 4.69) is 5.32 Å². The number of amides is 2. The zero-order chi connectivity index (χ0) is 19.1. The van der Waals surface area contributed by atoms with Crippen LogP contribution in [0.25, 0.3) is 0 Å². The fraction of sp³-hybridized carbons (Fsp3) is 0.250. The summed E-state index contributed by atoms with van der Waals surface area (Å²) in [7, 11) is 0. The summed E-state index contributed by atoms with van der Waals surface area (Å²) in [6.45, 7) is 3.44. The van der Waals surface area contributed by atoms with Gasteiger partial charge in [-0.15, -0.1) is 0 Å². The molecule has 0 heterocycles. The van der Waals surface area contributed by atoms with E-state index in [1.54, 1.807) is 36.4 Å². The molecule has 0 unspecified atom stereocenters. The molecule has 0 radical (unpaired) electrons. The highest BCUT2D eigenvalue weighted by atomic mass is 19.1. The number of hydrogen-bond acceptors (Lipinski definition) is 3. The van der Waals surface area contributed by atoms with Crippen molar-refractivity contribution in [1.29, 1.82) is 0 Å². The van der Waals surface area contributed by atoms with Gasteiger partial charge in [0.2, 0.25) is 11.8 Å². The molecular formula is C20H21FN2O3. The maximum absolute atomic E-state index is 13.0. The van der Waals surface area contributed by atoms with E-state index in [-0.39, 0.29) is 36.4 Å². The maximum Gasteiger partial charge on any atom is 0.226 e. The monoisotopic (exact) mass is 356 g/mol. The first-order valence-electron chi connectivity index (χ1n) is 8.26. The highest BCUT2D eigenvalue weighted by Crippen LogP contribution is 2.12. The van der Waals surface area contributed by atoms with Crippen LogP contribution in [0, 0.1) is 5.82 Å². The number of nitrogens with one attached hydrogen (secondary N) is 1. The summed E-state index contributed by atoms with van der Waals surface area (Å²) in [6.07, 6.45) is 0.116. The number of carbonyl (C=O) groups excluding carboxylic acids is 3. The number of halogens is 1. The summed E-state index contributed by atoms with van der Waals surface area (Å²) in [5, 5.41) is 2.72. The van der Waals surface area contributed by atoms with Gasteiger partial charge in [0.15, 0.2) is 5.78 Å². The third kappa shape index (κ3) is 5.81. The van der Waals surface area contributed by atoms with Gasteiger partial charge in [0.1, 0.15) is 5.82 Å². The molecule has 2 amide bonds. The van der Waals surface area contributed by atoms with Crippen molar-refractivity contribution in [1.82, 2.24) is 4.90 Å². The Balaban J connectivity index is 1.92. The number of benzene rings is 2. The lowest BCUT2D eigenvalue weighted by molar-refractivity contribution is -0.129. The standard InChI is InChI=1S/C20H21FN2O3/c1-14(24)17-4-3-5-19(12-17)22-20(26)10-11-23(15(2)25)13-16-6-8-18(21)9-7-16/h3-9,12H,10-11,13H2,1-2H3,(H,22,26). The minimum atomic E-state index is -0.338. The number of ketones is 1. The van der Waals surface area contributed by atoms with E-state index in [1.165, 1.54) is 30.9 Å². The molecule has 0 atom stereocenters. The number of nitrogens with zero attached hydrogens (tertiary/aromatic N) is 1. The fourth-order valence-corrected chi connectivity index (χ4v) is 2.43. The van der Waals surface area contributed by atoms with Gasteiger partial charge in [0, 0.05) is 37.7 Å². The van der Waals surface area contributed by atoms with Crippen LogP contribution in [0.3, 0.4) is 0 Å². The second-order valence-electron chi connectivity index (χ2n) is 6.00. The molecule has 2 aromatic carbocycles. The smallest absolute Gasteiger partial charge is 0.226 e. The largest absolute Gasteiger partial charge is 0.338 e. The van der Waals surface area contributed by atoms with E-state index in [0.717, 1.165) is 5.56 Å². The topological polar surface area (TPSA) is 66.5 Å². The Morgan fingerprint density at radius 1 is 1.04 bits per heavy atom. The summed E-state index contributed by atoms with van der Waals surface area (Å²) in [4.78, 5) is 36.8. The van der Waals surface area contributed by atoms with Crippen LogP contribution in [0.15, 0.2) is 48.5 Å². The molecule has 5 nitrogen and oxygen atoms in total. The van der Waals surface area contributed by atoms with Crippen LogP contribution in [0.5, 0.6) is 0 Å². The Bertz CT molecular complexity index is 803. The summed E-state index contributed by atoms with van der Waals surface area (Å²) >= 11 is 0. The number of Topliss-reactive ketones (excluding diaryl/α,β-unsaturated/α-hetero) is 1. The van der Waals surface area contributed by atoms with Crippen molar-refractivity contribution in [3.8, 4) is 0 Å². The number of hydrogen-bond donors (Lipinski definition) is 1. The molecule has 0 aliphatic rings. The molecule has 136 valence electrons. The quantitative estimate of drug-likeness (QED) is 0.773. The van der Waals surface area contributed by atoms with Crippen molar-refractivity contribution in [3.63, 3.8) is 0 Å². The van der Waals surface area contributed by atoms with Crippen molar-refractivity contribution in [2.45, 2.75) is 26.8 Å². The normalized spacial score (nSPS) is 10.3. The summed E-state index contributed by atoms with van der Waals surface area (Å²) in [6, 6.07) is 12.6. The number of rotatable bonds is 7. The van der Waals surface area contributed by atoms with Crippen LogP contribution in [-0.2, 0) is 16.1 Å². The zero-order valence-electron chi connectivity index (χ0n) is 14.8. The minimum absolute atomic E-state index is 0.0804. The first kappa shape index (κ1) is 19.3. The predicted molar refractivity (Wildman–Crippen MR) is 97.2 cm³/mol. The molecule has 1 N–H and O–H groups in total. The van der Waals surface area contributed by atoms with Gasteiger partial charge in [-0.1, -0.05) is 24.3 Å². The Hall–Kier alpha value is -3.02. The molecule has 6 heteroatoms. The highest BCUT2D eigenvalue weighted by molar-refractivity contribution is 5.97. The van der Waals surface area contributed by atoms with E-state index in [4.69, 9.17) is 0 Å². The molecule has 26 heavy (non-hydrogen) atoms. The van der Waals surface area contributed by atoms with E-state index < -0.39 is 0 Å². The third-order valence-electron chi connectivity index (χ3n) is 3.89. The van der Waals surface area contributed by atoms with Gasteiger partial charge in [-0.05, 0) is 36.8 Å². The van der Waals surface area contributed by atoms with Crippen molar-refractivity contribution in [3.05, 3.63) is 65.5 Å². The highest BCUT2D eigenvalue weighted by Gasteiger charge is 2.12. The lowest BCUT2D eigenvalue weighted by Crippen LogP contribution is -2.31. The van der Waals surface area contributed by atoms with Gasteiger partial charge in [-0.25, -0.2) is 4.39 Å². The van der Waals surface area contributed by atoms with E-state index >= 15 is 0 Å². The van der Waals surface area contributed by atoms with Crippen LogP contribution in [0.1, 0.15) is 36.2 Å². The van der Waals surface area contributed by atoms with Crippen molar-refractivity contribution >= 4 is 23.3 Å². The molecule has 0 bridgehead atoms. The molecule has 0 fully saturated rings. The molecule has 0 spiro atoms. The molecule has 0 aromatic heterocycles. The van der Waals surface area contributed by atoms with Crippen LogP contribution in [-0.4, -0.2) is 29.0 Å². The van der Waals surface area contributed by atoms with E-state index in [1.807, 2.05) is 0 Å². The Kier molecular flexibility index (Phi) is 6.60. The third-order valence-corrected chi connectivity index (χ3v) is 3.89. The Morgan fingerprint density at radius 3 is 2.35 bits per heavy atom. The van der Waals surface area contributed by atoms with E-state index in [9.17, 15) is 18.8 Å². The minimum Gasteiger partial charge on any atom is -0.338 e. The Labute approximate surface area is 151 Å². The van der Waals surface area contributed by atoms with Gasteiger partial charge < -0.3 is 10.2 Å². The lowest BCUT2D eigenvalue weighted by atomic mass is 10.1. The first-order valence-corrected chi connectivity index (χ1v) is 8.26. The van der Waals surface area contributed by atoms with Gasteiger partial charge in [-0.2, -0.15) is 0 Å². The molecule has 0 aliphatic carbocycles. The van der Waals surface area contributed by atoms with Crippen molar-refractivity contribution < 1.29 is 18.8 Å².